The minimum Gasteiger partial charge on any atom is -0.466 e. The summed E-state index contributed by atoms with van der Waals surface area (Å²) in [5, 5.41) is 3.55. The van der Waals surface area contributed by atoms with E-state index >= 15 is 0 Å². The molecule has 0 aromatic heterocycles. The van der Waals surface area contributed by atoms with Gasteiger partial charge >= 0.3 is 5.97 Å². The highest BCUT2D eigenvalue weighted by Crippen LogP contribution is 2.40. The van der Waals surface area contributed by atoms with E-state index in [-0.39, 0.29) is 30.6 Å². The molecule has 5 nitrogen and oxygen atoms in total. The predicted octanol–water partition coefficient (Wildman–Crippen LogP) is 3.79. The van der Waals surface area contributed by atoms with E-state index in [0.29, 0.717) is 6.61 Å². The van der Waals surface area contributed by atoms with E-state index < -0.39 is 0 Å². The first-order valence-electron chi connectivity index (χ1n) is 9.59. The average Bonchev–Trinajstić information content (AvgIpc) is 3.27. The smallest absolute Gasteiger partial charge is 0.311 e. The molecule has 0 unspecified atom stereocenters. The molecule has 26 heavy (non-hydrogen) atoms. The fourth-order valence-electron chi connectivity index (χ4n) is 3.78. The van der Waals surface area contributed by atoms with E-state index in [1.54, 1.807) is 0 Å². The molecule has 0 radical (unpaired) electrons. The maximum Gasteiger partial charge on any atom is 0.311 e. The molecule has 1 N–H and O–H groups in total. The summed E-state index contributed by atoms with van der Waals surface area (Å²) in [5.41, 5.74) is 2.49. The van der Waals surface area contributed by atoms with Gasteiger partial charge in [0, 0.05) is 18.5 Å². The molecule has 3 atom stereocenters. The highest BCUT2D eigenvalue weighted by atomic mass is 16.7. The minimum atomic E-state index is -0.175. The molecule has 5 heteroatoms. The number of allylic oxidation sites excluding steroid dienone is 2. The van der Waals surface area contributed by atoms with Crippen molar-refractivity contribution >= 4 is 5.97 Å². The van der Waals surface area contributed by atoms with Crippen LogP contribution >= 0.6 is 0 Å². The Hall–Kier alpha value is -2.01. The van der Waals surface area contributed by atoms with Gasteiger partial charge in [0.25, 0.3) is 0 Å². The van der Waals surface area contributed by atoms with Crippen molar-refractivity contribution in [1.29, 1.82) is 0 Å². The second-order valence-electron chi connectivity index (χ2n) is 6.99. The lowest BCUT2D eigenvalue weighted by Gasteiger charge is -2.22. The normalized spacial score (nSPS) is 24.7. The van der Waals surface area contributed by atoms with E-state index in [2.05, 4.69) is 25.2 Å². The number of rotatable bonds is 7. The topological polar surface area (TPSA) is 56.8 Å². The van der Waals surface area contributed by atoms with Crippen molar-refractivity contribution in [3.05, 3.63) is 35.4 Å². The van der Waals surface area contributed by atoms with Gasteiger partial charge in [-0.05, 0) is 50.8 Å². The lowest BCUT2D eigenvalue weighted by atomic mass is 9.83. The number of ether oxygens (including phenoxy) is 3. The van der Waals surface area contributed by atoms with Crippen LogP contribution in [-0.4, -0.2) is 32.0 Å². The van der Waals surface area contributed by atoms with Gasteiger partial charge < -0.3 is 19.5 Å². The van der Waals surface area contributed by atoms with Crippen LogP contribution in [0.3, 0.4) is 0 Å². The van der Waals surface area contributed by atoms with Crippen molar-refractivity contribution in [3.8, 4) is 11.5 Å². The fourth-order valence-corrected chi connectivity index (χ4v) is 3.78. The number of fused-ring (bicyclic) bond motifs is 1. The van der Waals surface area contributed by atoms with E-state index in [4.69, 9.17) is 14.2 Å². The first-order chi connectivity index (χ1) is 12.6. The molecule has 0 aliphatic carbocycles. The molecule has 0 saturated carbocycles. The van der Waals surface area contributed by atoms with Gasteiger partial charge in [-0.3, -0.25) is 4.79 Å². The maximum absolute atomic E-state index is 12.7. The van der Waals surface area contributed by atoms with Crippen LogP contribution < -0.4 is 14.8 Å². The predicted molar refractivity (Wildman–Crippen MR) is 101 cm³/mol. The Balaban J connectivity index is 1.77. The fraction of sp³-hybridized carbons (Fsp3) is 0.571. The van der Waals surface area contributed by atoms with Crippen molar-refractivity contribution in [3.63, 3.8) is 0 Å². The number of hydrogen-bond donors (Lipinski definition) is 1. The number of carbonyl (C=O) groups excluding carboxylic acids is 1. The summed E-state index contributed by atoms with van der Waals surface area (Å²) in [6, 6.07) is 6.10. The van der Waals surface area contributed by atoms with Gasteiger partial charge in [0.15, 0.2) is 11.5 Å². The van der Waals surface area contributed by atoms with Gasteiger partial charge in [-0.2, -0.15) is 0 Å². The lowest BCUT2D eigenvalue weighted by molar-refractivity contribution is -0.148. The number of esters is 1. The molecule has 2 heterocycles. The zero-order valence-electron chi connectivity index (χ0n) is 15.9. The molecule has 2 aliphatic heterocycles. The lowest BCUT2D eigenvalue weighted by Crippen LogP contribution is -2.33. The molecule has 2 aliphatic rings. The van der Waals surface area contributed by atoms with Crippen LogP contribution in [-0.2, 0) is 9.53 Å². The summed E-state index contributed by atoms with van der Waals surface area (Å²) in [5.74, 6) is 1.33. The van der Waals surface area contributed by atoms with Crippen molar-refractivity contribution in [2.45, 2.75) is 52.0 Å². The third-order valence-electron chi connectivity index (χ3n) is 5.38. The summed E-state index contributed by atoms with van der Waals surface area (Å²) in [6.45, 7) is 7.61. The molecule has 0 spiro atoms. The summed E-state index contributed by atoms with van der Waals surface area (Å²) >= 11 is 0. The van der Waals surface area contributed by atoms with E-state index in [1.165, 1.54) is 5.57 Å². The number of benzene rings is 1. The van der Waals surface area contributed by atoms with Crippen LogP contribution in [0.4, 0.5) is 0 Å². The van der Waals surface area contributed by atoms with Crippen molar-refractivity contribution in [2.24, 2.45) is 5.92 Å². The summed E-state index contributed by atoms with van der Waals surface area (Å²) in [6.07, 6.45) is 5.25. The van der Waals surface area contributed by atoms with Crippen LogP contribution in [0.5, 0.6) is 11.5 Å². The molecule has 0 amide bonds. The Kier molecular flexibility index (Phi) is 6.20. The van der Waals surface area contributed by atoms with Gasteiger partial charge in [-0.15, -0.1) is 0 Å². The first kappa shape index (κ1) is 18.8. The molecule has 1 aromatic rings. The highest BCUT2D eigenvalue weighted by Gasteiger charge is 2.42. The molecule has 142 valence electrons. The van der Waals surface area contributed by atoms with Gasteiger partial charge in [0.05, 0.1) is 12.5 Å². The average molecular weight is 359 g/mol. The molecular formula is C21H29NO4. The monoisotopic (exact) mass is 359 g/mol. The SMILES string of the molecule is CCOC(=O)[C@H]1[C@H](CC/C=C(\C)CC)NC[C@@H]1c1ccc2c(c1)OCO2. The van der Waals surface area contributed by atoms with Crippen molar-refractivity contribution in [2.75, 3.05) is 19.9 Å². The Morgan fingerprint density at radius 2 is 2.12 bits per heavy atom. The zero-order chi connectivity index (χ0) is 18.5. The first-order valence-corrected chi connectivity index (χ1v) is 9.59. The standard InChI is InChI=1S/C21H29NO4/c1-4-14(3)7-6-8-17-20(21(23)24-5-2)16(12-22-17)15-9-10-18-19(11-15)26-13-25-18/h7,9-11,16-17,20,22H,4-6,8,12-13H2,1-3H3/b14-7+/t16-,17+,20-/m1/s1. The Morgan fingerprint density at radius 1 is 1.31 bits per heavy atom. The van der Waals surface area contributed by atoms with Crippen molar-refractivity contribution in [1.82, 2.24) is 5.32 Å². The Bertz CT molecular complexity index is 670. The van der Waals surface area contributed by atoms with Crippen LogP contribution in [0.2, 0.25) is 0 Å². The molecule has 0 bridgehead atoms. The Labute approximate surface area is 155 Å². The van der Waals surface area contributed by atoms with Crippen LogP contribution in [0.25, 0.3) is 0 Å². The minimum absolute atomic E-state index is 0.0878. The molecule has 1 aromatic carbocycles. The van der Waals surface area contributed by atoms with Gasteiger partial charge in [0.2, 0.25) is 6.79 Å². The zero-order valence-corrected chi connectivity index (χ0v) is 15.9. The second kappa shape index (κ2) is 8.58. The molecule has 3 rings (SSSR count). The quantitative estimate of drug-likeness (QED) is 0.593. The third kappa shape index (κ3) is 4.04. The number of nitrogens with one attached hydrogen (secondary N) is 1. The molecule has 1 saturated heterocycles. The molecular weight excluding hydrogens is 330 g/mol. The van der Waals surface area contributed by atoms with Gasteiger partial charge in [0.1, 0.15) is 0 Å². The number of carbonyl (C=O) groups is 1. The Morgan fingerprint density at radius 3 is 2.88 bits per heavy atom. The van der Waals surface area contributed by atoms with Crippen LogP contribution in [0, 0.1) is 5.92 Å². The van der Waals surface area contributed by atoms with Crippen molar-refractivity contribution < 1.29 is 19.0 Å². The highest BCUT2D eigenvalue weighted by molar-refractivity contribution is 5.75. The van der Waals surface area contributed by atoms with E-state index in [9.17, 15) is 4.79 Å². The summed E-state index contributed by atoms with van der Waals surface area (Å²) in [4.78, 5) is 12.7. The van der Waals surface area contributed by atoms with Gasteiger partial charge in [-0.25, -0.2) is 0 Å². The van der Waals surface area contributed by atoms with E-state index in [1.807, 2.05) is 25.1 Å². The largest absolute Gasteiger partial charge is 0.466 e. The van der Waals surface area contributed by atoms with E-state index in [0.717, 1.165) is 42.9 Å². The van der Waals surface area contributed by atoms with Crippen LogP contribution in [0.1, 0.15) is 51.5 Å². The van der Waals surface area contributed by atoms with Gasteiger partial charge in [-0.1, -0.05) is 24.6 Å². The summed E-state index contributed by atoms with van der Waals surface area (Å²) in [7, 11) is 0. The number of hydrogen-bond acceptors (Lipinski definition) is 5. The third-order valence-corrected chi connectivity index (χ3v) is 5.38. The maximum atomic E-state index is 12.7. The van der Waals surface area contributed by atoms with Crippen LogP contribution in [0.15, 0.2) is 29.8 Å². The summed E-state index contributed by atoms with van der Waals surface area (Å²) < 4.78 is 16.3. The second-order valence-corrected chi connectivity index (χ2v) is 6.99. The molecule has 1 fully saturated rings.